The zero-order valence-corrected chi connectivity index (χ0v) is 12.8. The van der Waals surface area contributed by atoms with Gasteiger partial charge in [-0.3, -0.25) is 9.88 Å². The fourth-order valence-electron chi connectivity index (χ4n) is 3.61. The molecule has 1 aliphatic rings. The number of pyridine rings is 1. The third kappa shape index (κ3) is 3.25. The molecule has 3 heteroatoms. The van der Waals surface area contributed by atoms with Crippen molar-refractivity contribution in [3.8, 4) is 0 Å². The largest absolute Gasteiger partial charge is 0.330 e. The molecule has 1 fully saturated rings. The molecule has 2 N–H and O–H groups in total. The molecule has 2 atom stereocenters. The van der Waals surface area contributed by atoms with Crippen molar-refractivity contribution >= 4 is 10.9 Å². The molecule has 112 valence electrons. The minimum absolute atomic E-state index is 0.608. The SMILES string of the molecule is CN(Cc1ccc2ccccc2n1)C1CCCCC1CN. The van der Waals surface area contributed by atoms with Crippen LogP contribution in [0, 0.1) is 5.92 Å². The maximum Gasteiger partial charge on any atom is 0.0705 e. The second-order valence-electron chi connectivity index (χ2n) is 6.26. The summed E-state index contributed by atoms with van der Waals surface area (Å²) in [5.41, 5.74) is 8.19. The van der Waals surface area contributed by atoms with Crippen LogP contribution in [0.1, 0.15) is 31.4 Å². The van der Waals surface area contributed by atoms with Crippen LogP contribution in [-0.2, 0) is 6.54 Å². The minimum atomic E-state index is 0.608. The predicted molar refractivity (Wildman–Crippen MR) is 88.0 cm³/mol. The van der Waals surface area contributed by atoms with E-state index in [2.05, 4.69) is 48.3 Å². The second kappa shape index (κ2) is 6.54. The van der Waals surface area contributed by atoms with Gasteiger partial charge in [0.15, 0.2) is 0 Å². The number of rotatable bonds is 4. The van der Waals surface area contributed by atoms with Crippen LogP contribution in [0.2, 0.25) is 0 Å². The van der Waals surface area contributed by atoms with Crippen molar-refractivity contribution in [1.29, 1.82) is 0 Å². The average Bonchev–Trinajstić information content (AvgIpc) is 2.54. The zero-order valence-electron chi connectivity index (χ0n) is 12.8. The van der Waals surface area contributed by atoms with Crippen LogP contribution in [0.15, 0.2) is 36.4 Å². The number of benzene rings is 1. The van der Waals surface area contributed by atoms with Gasteiger partial charge >= 0.3 is 0 Å². The second-order valence-corrected chi connectivity index (χ2v) is 6.26. The lowest BCUT2D eigenvalue weighted by atomic mass is 9.83. The van der Waals surface area contributed by atoms with E-state index in [1.165, 1.54) is 31.1 Å². The van der Waals surface area contributed by atoms with Crippen molar-refractivity contribution in [2.75, 3.05) is 13.6 Å². The zero-order chi connectivity index (χ0) is 14.7. The summed E-state index contributed by atoms with van der Waals surface area (Å²) in [6.45, 7) is 1.71. The Labute approximate surface area is 127 Å². The first-order valence-corrected chi connectivity index (χ1v) is 8.03. The van der Waals surface area contributed by atoms with E-state index < -0.39 is 0 Å². The van der Waals surface area contributed by atoms with Gasteiger partial charge in [0, 0.05) is 18.0 Å². The number of nitrogens with zero attached hydrogens (tertiary/aromatic N) is 2. The van der Waals surface area contributed by atoms with E-state index in [0.29, 0.717) is 12.0 Å². The van der Waals surface area contributed by atoms with Crippen LogP contribution in [0.5, 0.6) is 0 Å². The number of hydrogen-bond donors (Lipinski definition) is 1. The number of fused-ring (bicyclic) bond motifs is 1. The van der Waals surface area contributed by atoms with Crippen LogP contribution in [0.4, 0.5) is 0 Å². The fourth-order valence-corrected chi connectivity index (χ4v) is 3.61. The van der Waals surface area contributed by atoms with E-state index >= 15 is 0 Å². The molecule has 3 nitrogen and oxygen atoms in total. The van der Waals surface area contributed by atoms with Crippen molar-refractivity contribution in [3.63, 3.8) is 0 Å². The summed E-state index contributed by atoms with van der Waals surface area (Å²) >= 11 is 0. The third-order valence-electron chi connectivity index (χ3n) is 4.81. The van der Waals surface area contributed by atoms with E-state index in [1.807, 2.05) is 0 Å². The molecule has 0 bridgehead atoms. The van der Waals surface area contributed by atoms with E-state index in [1.54, 1.807) is 0 Å². The Balaban J connectivity index is 1.74. The van der Waals surface area contributed by atoms with Gasteiger partial charge in [-0.25, -0.2) is 0 Å². The Morgan fingerprint density at radius 1 is 1.14 bits per heavy atom. The van der Waals surface area contributed by atoms with Crippen molar-refractivity contribution in [2.24, 2.45) is 11.7 Å². The molecule has 0 amide bonds. The molecule has 1 saturated carbocycles. The van der Waals surface area contributed by atoms with E-state index in [9.17, 15) is 0 Å². The number of hydrogen-bond acceptors (Lipinski definition) is 3. The summed E-state index contributed by atoms with van der Waals surface area (Å²) < 4.78 is 0. The highest BCUT2D eigenvalue weighted by Crippen LogP contribution is 2.28. The van der Waals surface area contributed by atoms with Crippen LogP contribution >= 0.6 is 0 Å². The summed E-state index contributed by atoms with van der Waals surface area (Å²) in [4.78, 5) is 7.24. The standard InChI is InChI=1S/C18H25N3/c1-21(18-9-5-3-7-15(18)12-19)13-16-11-10-14-6-2-4-8-17(14)20-16/h2,4,6,8,10-11,15,18H,3,5,7,9,12-13,19H2,1H3. The Morgan fingerprint density at radius 3 is 2.81 bits per heavy atom. The Kier molecular flexibility index (Phi) is 4.51. The highest BCUT2D eigenvalue weighted by atomic mass is 15.1. The van der Waals surface area contributed by atoms with Crippen LogP contribution in [-0.4, -0.2) is 29.5 Å². The predicted octanol–water partition coefficient (Wildman–Crippen LogP) is 3.18. The molecular weight excluding hydrogens is 258 g/mol. The maximum atomic E-state index is 5.96. The fraction of sp³-hybridized carbons (Fsp3) is 0.500. The molecule has 3 rings (SSSR count). The molecule has 0 aliphatic heterocycles. The number of para-hydroxylation sites is 1. The van der Waals surface area contributed by atoms with Crippen molar-refractivity contribution in [3.05, 3.63) is 42.1 Å². The monoisotopic (exact) mass is 283 g/mol. The topological polar surface area (TPSA) is 42.2 Å². The molecule has 21 heavy (non-hydrogen) atoms. The van der Waals surface area contributed by atoms with Crippen LogP contribution in [0.25, 0.3) is 10.9 Å². The molecule has 1 aromatic carbocycles. The number of nitrogens with two attached hydrogens (primary N) is 1. The van der Waals surface area contributed by atoms with Crippen molar-refractivity contribution in [2.45, 2.75) is 38.3 Å². The van der Waals surface area contributed by atoms with Gasteiger partial charge in [0.05, 0.1) is 11.2 Å². The first kappa shape index (κ1) is 14.5. The maximum absolute atomic E-state index is 5.96. The first-order chi connectivity index (χ1) is 10.3. The van der Waals surface area contributed by atoms with E-state index in [-0.39, 0.29) is 0 Å². The molecular formula is C18H25N3. The van der Waals surface area contributed by atoms with Gasteiger partial charge in [0.2, 0.25) is 0 Å². The molecule has 2 aromatic rings. The van der Waals surface area contributed by atoms with Crippen molar-refractivity contribution in [1.82, 2.24) is 9.88 Å². The van der Waals surface area contributed by atoms with Gasteiger partial charge in [0.25, 0.3) is 0 Å². The Hall–Kier alpha value is -1.45. The summed E-state index contributed by atoms with van der Waals surface area (Å²) in [5.74, 6) is 0.643. The molecule has 1 aromatic heterocycles. The highest BCUT2D eigenvalue weighted by molar-refractivity contribution is 5.78. The smallest absolute Gasteiger partial charge is 0.0705 e. The highest BCUT2D eigenvalue weighted by Gasteiger charge is 2.27. The van der Waals surface area contributed by atoms with Gasteiger partial charge in [0.1, 0.15) is 0 Å². The summed E-state index contributed by atoms with van der Waals surface area (Å²) in [5, 5.41) is 1.21. The van der Waals surface area contributed by atoms with Crippen LogP contribution < -0.4 is 5.73 Å². The van der Waals surface area contributed by atoms with E-state index in [4.69, 9.17) is 10.7 Å². The lowest BCUT2D eigenvalue weighted by Crippen LogP contribution is -2.42. The Morgan fingerprint density at radius 2 is 1.95 bits per heavy atom. The summed E-state index contributed by atoms with van der Waals surface area (Å²) in [6, 6.07) is 13.2. The van der Waals surface area contributed by atoms with Crippen LogP contribution in [0.3, 0.4) is 0 Å². The normalized spacial score (nSPS) is 22.8. The average molecular weight is 283 g/mol. The van der Waals surface area contributed by atoms with Gasteiger partial charge < -0.3 is 5.73 Å². The summed E-state index contributed by atoms with van der Waals surface area (Å²) in [6.07, 6.45) is 5.21. The Bertz CT molecular complexity index is 596. The molecule has 2 unspecified atom stereocenters. The third-order valence-corrected chi connectivity index (χ3v) is 4.81. The molecule has 1 aliphatic carbocycles. The summed E-state index contributed by atoms with van der Waals surface area (Å²) in [7, 11) is 2.22. The molecule has 0 radical (unpaired) electrons. The van der Waals surface area contributed by atoms with Crippen molar-refractivity contribution < 1.29 is 0 Å². The van der Waals surface area contributed by atoms with Gasteiger partial charge in [-0.2, -0.15) is 0 Å². The van der Waals surface area contributed by atoms with Gasteiger partial charge in [-0.15, -0.1) is 0 Å². The van der Waals surface area contributed by atoms with Gasteiger partial charge in [-0.1, -0.05) is 37.1 Å². The minimum Gasteiger partial charge on any atom is -0.330 e. The lowest BCUT2D eigenvalue weighted by molar-refractivity contribution is 0.126. The quantitative estimate of drug-likeness (QED) is 0.937. The molecule has 0 spiro atoms. The molecule has 1 heterocycles. The first-order valence-electron chi connectivity index (χ1n) is 8.03. The van der Waals surface area contributed by atoms with Gasteiger partial charge in [-0.05, 0) is 44.5 Å². The number of aromatic nitrogens is 1. The molecule has 0 saturated heterocycles. The van der Waals surface area contributed by atoms with E-state index in [0.717, 1.165) is 24.3 Å². The lowest BCUT2D eigenvalue weighted by Gasteiger charge is -2.37.